The van der Waals surface area contributed by atoms with Gasteiger partial charge in [0.25, 0.3) is 5.56 Å². The Labute approximate surface area is 99.6 Å². The number of nitrogens with zero attached hydrogens (tertiary/aromatic N) is 3. The van der Waals surface area contributed by atoms with E-state index >= 15 is 0 Å². The molecule has 0 saturated heterocycles. The van der Waals surface area contributed by atoms with Gasteiger partial charge in [-0.2, -0.15) is 5.10 Å². The van der Waals surface area contributed by atoms with Crippen LogP contribution in [0, 0.1) is 0 Å². The Morgan fingerprint density at radius 1 is 1.50 bits per heavy atom. The molecule has 0 aromatic carbocycles. The van der Waals surface area contributed by atoms with E-state index in [-0.39, 0.29) is 5.56 Å². The molecule has 0 bridgehead atoms. The third-order valence-electron chi connectivity index (χ3n) is 2.04. The first kappa shape index (κ1) is 13.0. The Kier molecular flexibility index (Phi) is 5.28. The number of alkyl halides is 1. The van der Waals surface area contributed by atoms with Crippen molar-refractivity contribution in [2.75, 3.05) is 38.1 Å². The van der Waals surface area contributed by atoms with E-state index in [2.05, 4.69) is 5.10 Å². The number of halogens is 1. The summed E-state index contributed by atoms with van der Waals surface area (Å²) in [7, 11) is 3.73. The van der Waals surface area contributed by atoms with Crippen LogP contribution < -0.4 is 10.5 Å². The molecule has 1 rings (SSSR count). The largest absolute Gasteiger partial charge is 0.378 e. The van der Waals surface area contributed by atoms with Gasteiger partial charge in [-0.25, -0.2) is 4.68 Å². The lowest BCUT2D eigenvalue weighted by molar-refractivity contribution is 0.136. The molecule has 0 saturated carbocycles. The Bertz CT molecular complexity index is 379. The van der Waals surface area contributed by atoms with Gasteiger partial charge in [0.2, 0.25) is 0 Å². The minimum Gasteiger partial charge on any atom is -0.378 e. The Balaban J connectivity index is 2.58. The van der Waals surface area contributed by atoms with Crippen LogP contribution >= 0.6 is 11.6 Å². The van der Waals surface area contributed by atoms with Crippen LogP contribution in [-0.4, -0.2) is 43.0 Å². The van der Waals surface area contributed by atoms with Crippen LogP contribution in [0.4, 0.5) is 5.69 Å². The molecule has 5 nitrogen and oxygen atoms in total. The van der Waals surface area contributed by atoms with Crippen molar-refractivity contribution in [3.8, 4) is 0 Å². The van der Waals surface area contributed by atoms with Crippen molar-refractivity contribution in [3.63, 3.8) is 0 Å². The molecule has 6 heteroatoms. The van der Waals surface area contributed by atoms with Crippen molar-refractivity contribution in [2.45, 2.75) is 6.54 Å². The molecule has 0 N–H and O–H groups in total. The third kappa shape index (κ3) is 3.83. The normalized spacial score (nSPS) is 10.4. The highest BCUT2D eigenvalue weighted by molar-refractivity contribution is 6.17. The zero-order chi connectivity index (χ0) is 12.0. The average Bonchev–Trinajstić information content (AvgIpc) is 2.26. The van der Waals surface area contributed by atoms with E-state index in [1.165, 1.54) is 4.68 Å². The lowest BCUT2D eigenvalue weighted by Crippen LogP contribution is -2.26. The van der Waals surface area contributed by atoms with Crippen molar-refractivity contribution >= 4 is 17.3 Å². The molecule has 0 atom stereocenters. The first-order valence-electron chi connectivity index (χ1n) is 5.03. The summed E-state index contributed by atoms with van der Waals surface area (Å²) in [4.78, 5) is 13.4. The van der Waals surface area contributed by atoms with Crippen molar-refractivity contribution in [2.24, 2.45) is 0 Å². The molecule has 1 heterocycles. The average molecular weight is 246 g/mol. The van der Waals surface area contributed by atoms with Gasteiger partial charge >= 0.3 is 0 Å². The third-order valence-corrected chi connectivity index (χ3v) is 2.19. The Hall–Kier alpha value is -1.07. The minimum absolute atomic E-state index is 0.124. The van der Waals surface area contributed by atoms with Gasteiger partial charge < -0.3 is 9.64 Å². The predicted molar refractivity (Wildman–Crippen MR) is 64.4 cm³/mol. The quantitative estimate of drug-likeness (QED) is 0.543. The van der Waals surface area contributed by atoms with E-state index in [0.29, 0.717) is 25.6 Å². The number of hydrogen-bond donors (Lipinski definition) is 0. The fourth-order valence-corrected chi connectivity index (χ4v) is 1.25. The lowest BCUT2D eigenvalue weighted by atomic mass is 10.4. The van der Waals surface area contributed by atoms with Gasteiger partial charge in [0, 0.05) is 26.0 Å². The summed E-state index contributed by atoms with van der Waals surface area (Å²) in [5, 5.41) is 4.05. The van der Waals surface area contributed by atoms with E-state index in [0.717, 1.165) is 5.69 Å². The van der Waals surface area contributed by atoms with E-state index < -0.39 is 0 Å². The summed E-state index contributed by atoms with van der Waals surface area (Å²) in [5.74, 6) is 0.460. The highest BCUT2D eigenvalue weighted by Crippen LogP contribution is 2.03. The molecule has 1 aromatic rings. The highest BCUT2D eigenvalue weighted by Gasteiger charge is 2.01. The van der Waals surface area contributed by atoms with Crippen molar-refractivity contribution < 1.29 is 4.74 Å². The van der Waals surface area contributed by atoms with Crippen molar-refractivity contribution in [1.82, 2.24) is 9.78 Å². The van der Waals surface area contributed by atoms with E-state index in [1.807, 2.05) is 19.0 Å². The van der Waals surface area contributed by atoms with Gasteiger partial charge in [0.05, 0.1) is 31.6 Å². The summed E-state index contributed by atoms with van der Waals surface area (Å²) in [6.07, 6.45) is 1.66. The second-order valence-corrected chi connectivity index (χ2v) is 3.85. The zero-order valence-electron chi connectivity index (χ0n) is 9.52. The molecule has 0 radical (unpaired) electrons. The van der Waals surface area contributed by atoms with Crippen molar-refractivity contribution in [1.29, 1.82) is 0 Å². The number of aromatic nitrogens is 2. The van der Waals surface area contributed by atoms with Crippen LogP contribution in [-0.2, 0) is 11.3 Å². The first-order valence-corrected chi connectivity index (χ1v) is 5.57. The van der Waals surface area contributed by atoms with Crippen LogP contribution in [0.5, 0.6) is 0 Å². The minimum atomic E-state index is -0.124. The fourth-order valence-electron chi connectivity index (χ4n) is 1.14. The van der Waals surface area contributed by atoms with Gasteiger partial charge in [-0.1, -0.05) is 0 Å². The highest BCUT2D eigenvalue weighted by atomic mass is 35.5. The summed E-state index contributed by atoms with van der Waals surface area (Å²) < 4.78 is 6.55. The van der Waals surface area contributed by atoms with Crippen molar-refractivity contribution in [3.05, 3.63) is 22.6 Å². The maximum atomic E-state index is 11.6. The molecule has 0 fully saturated rings. The molecular formula is C10H16ClN3O2. The van der Waals surface area contributed by atoms with Crippen LogP contribution in [0.2, 0.25) is 0 Å². The molecule has 0 aliphatic carbocycles. The fraction of sp³-hybridized carbons (Fsp3) is 0.600. The molecule has 0 aliphatic rings. The van der Waals surface area contributed by atoms with E-state index in [4.69, 9.17) is 16.3 Å². The van der Waals surface area contributed by atoms with Gasteiger partial charge in [-0.3, -0.25) is 4.79 Å². The van der Waals surface area contributed by atoms with Crippen LogP contribution in [0.1, 0.15) is 0 Å². The molecule has 1 aromatic heterocycles. The Morgan fingerprint density at radius 2 is 2.25 bits per heavy atom. The smallest absolute Gasteiger partial charge is 0.268 e. The predicted octanol–water partition coefficient (Wildman–Crippen LogP) is 0.565. The summed E-state index contributed by atoms with van der Waals surface area (Å²) >= 11 is 5.46. The summed E-state index contributed by atoms with van der Waals surface area (Å²) in [5.41, 5.74) is 0.670. The van der Waals surface area contributed by atoms with Gasteiger partial charge in [0.1, 0.15) is 0 Å². The number of hydrogen-bond acceptors (Lipinski definition) is 4. The zero-order valence-corrected chi connectivity index (χ0v) is 10.3. The lowest BCUT2D eigenvalue weighted by Gasteiger charge is -2.12. The molecule has 0 aliphatic heterocycles. The van der Waals surface area contributed by atoms with Crippen LogP contribution in [0.15, 0.2) is 17.1 Å². The van der Waals surface area contributed by atoms with E-state index in [9.17, 15) is 4.79 Å². The maximum absolute atomic E-state index is 11.6. The van der Waals surface area contributed by atoms with Crippen LogP contribution in [0.3, 0.4) is 0 Å². The number of rotatable bonds is 6. The molecular weight excluding hydrogens is 230 g/mol. The summed E-state index contributed by atoms with van der Waals surface area (Å²) in [6, 6.07) is 1.55. The topological polar surface area (TPSA) is 47.4 Å². The molecule has 16 heavy (non-hydrogen) atoms. The standard InChI is InChI=1S/C10H16ClN3O2/c1-13(2)9-7-10(15)14(12-8-9)4-6-16-5-3-11/h7-8H,3-6H2,1-2H3. The maximum Gasteiger partial charge on any atom is 0.268 e. The first-order chi connectivity index (χ1) is 7.65. The van der Waals surface area contributed by atoms with Gasteiger partial charge in [0.15, 0.2) is 0 Å². The van der Waals surface area contributed by atoms with Gasteiger partial charge in [-0.15, -0.1) is 11.6 Å². The van der Waals surface area contributed by atoms with Crippen LogP contribution in [0.25, 0.3) is 0 Å². The number of ether oxygens (including phenoxy) is 1. The molecule has 0 spiro atoms. The number of anilines is 1. The summed E-state index contributed by atoms with van der Waals surface area (Å²) in [6.45, 7) is 1.39. The molecule has 0 unspecified atom stereocenters. The molecule has 90 valence electrons. The monoisotopic (exact) mass is 245 g/mol. The van der Waals surface area contributed by atoms with Gasteiger partial charge in [-0.05, 0) is 0 Å². The molecule has 0 amide bonds. The second kappa shape index (κ2) is 6.50. The van der Waals surface area contributed by atoms with E-state index in [1.54, 1.807) is 12.3 Å². The Morgan fingerprint density at radius 3 is 2.81 bits per heavy atom. The SMILES string of the molecule is CN(C)c1cnn(CCOCCCl)c(=O)c1. The second-order valence-electron chi connectivity index (χ2n) is 3.47.